The molecule has 0 saturated carbocycles. The number of aromatic nitrogens is 1. The number of aliphatic carboxylic acids is 1. The molecule has 0 aliphatic carbocycles. The molecule has 0 aliphatic rings. The molecule has 0 aliphatic heterocycles. The number of carbonyl (C=O) groups excluding carboxylic acids is 1. The van der Waals surface area contributed by atoms with Crippen molar-refractivity contribution in [3.05, 3.63) is 11.1 Å². The summed E-state index contributed by atoms with van der Waals surface area (Å²) in [7, 11) is 0. The van der Waals surface area contributed by atoms with Gasteiger partial charge >= 0.3 is 5.97 Å². The molecule has 6 nitrogen and oxygen atoms in total. The van der Waals surface area contributed by atoms with Crippen molar-refractivity contribution in [1.82, 2.24) is 9.88 Å². The fourth-order valence-electron chi connectivity index (χ4n) is 1.26. The van der Waals surface area contributed by atoms with E-state index < -0.39 is 5.97 Å². The molecule has 7 heteroatoms. The number of carbonyl (C=O) groups is 2. The zero-order valence-electron chi connectivity index (χ0n) is 9.84. The molecule has 1 rings (SSSR count). The second kappa shape index (κ2) is 6.74. The number of amides is 1. The number of hydrogen-bond donors (Lipinski definition) is 2. The van der Waals surface area contributed by atoms with Gasteiger partial charge in [0.2, 0.25) is 5.91 Å². The highest BCUT2D eigenvalue weighted by molar-refractivity contribution is 7.13. The Hall–Kier alpha value is -1.91. The Kier molecular flexibility index (Phi) is 5.30. The van der Waals surface area contributed by atoms with E-state index in [2.05, 4.69) is 16.2 Å². The van der Waals surface area contributed by atoms with Gasteiger partial charge in [-0.2, -0.15) is 0 Å². The van der Waals surface area contributed by atoms with Gasteiger partial charge in [-0.25, -0.2) is 4.98 Å². The first kappa shape index (κ1) is 14.2. The average molecular weight is 267 g/mol. The number of rotatable bonds is 6. The Morgan fingerprint density at radius 2 is 2.33 bits per heavy atom. The molecule has 0 unspecified atom stereocenters. The van der Waals surface area contributed by atoms with E-state index >= 15 is 0 Å². The molecule has 96 valence electrons. The average Bonchev–Trinajstić information content (AvgIpc) is 2.62. The largest absolute Gasteiger partial charge is 0.480 e. The monoisotopic (exact) mass is 267 g/mol. The van der Waals surface area contributed by atoms with E-state index in [0.29, 0.717) is 5.13 Å². The Morgan fingerprint density at radius 3 is 2.83 bits per heavy atom. The van der Waals surface area contributed by atoms with Crippen molar-refractivity contribution >= 4 is 28.3 Å². The highest BCUT2D eigenvalue weighted by Crippen LogP contribution is 2.13. The Labute approximate surface area is 109 Å². The Morgan fingerprint density at radius 1 is 1.61 bits per heavy atom. The number of terminal acetylenes is 1. The number of aryl methyl sites for hydroxylation is 1. The Bertz CT molecular complexity index is 478. The first-order valence-corrected chi connectivity index (χ1v) is 5.99. The van der Waals surface area contributed by atoms with Crippen molar-refractivity contribution < 1.29 is 14.7 Å². The van der Waals surface area contributed by atoms with E-state index in [1.54, 1.807) is 0 Å². The van der Waals surface area contributed by atoms with E-state index in [1.165, 1.54) is 16.2 Å². The van der Waals surface area contributed by atoms with E-state index in [-0.39, 0.29) is 25.5 Å². The number of carboxylic acid groups (broad SMARTS) is 1. The topological polar surface area (TPSA) is 82.5 Å². The van der Waals surface area contributed by atoms with Crippen LogP contribution in [0.4, 0.5) is 5.13 Å². The van der Waals surface area contributed by atoms with Gasteiger partial charge in [0.1, 0.15) is 0 Å². The molecule has 18 heavy (non-hydrogen) atoms. The van der Waals surface area contributed by atoms with Crippen LogP contribution in [0.25, 0.3) is 0 Å². The lowest BCUT2D eigenvalue weighted by Crippen LogP contribution is -2.37. The van der Waals surface area contributed by atoms with Crippen molar-refractivity contribution in [3.63, 3.8) is 0 Å². The quantitative estimate of drug-likeness (QED) is 0.729. The van der Waals surface area contributed by atoms with E-state index in [1.807, 2.05) is 12.3 Å². The van der Waals surface area contributed by atoms with Crippen LogP contribution in [0.1, 0.15) is 5.69 Å². The van der Waals surface area contributed by atoms with Crippen molar-refractivity contribution in [2.24, 2.45) is 0 Å². The third kappa shape index (κ3) is 4.95. The number of anilines is 1. The van der Waals surface area contributed by atoms with Crippen molar-refractivity contribution in [1.29, 1.82) is 0 Å². The highest BCUT2D eigenvalue weighted by atomic mass is 32.1. The summed E-state index contributed by atoms with van der Waals surface area (Å²) in [5, 5.41) is 13.6. The second-order valence-electron chi connectivity index (χ2n) is 3.59. The molecule has 1 aromatic heterocycles. The molecule has 1 aromatic rings. The standard InChI is InChI=1S/C11H13N3O3S/c1-3-4-14(6-10(16)17)5-9(15)13-11-12-8(2)7-18-11/h1,7H,4-6H2,2H3,(H,16,17)(H,12,13,15). The molecule has 0 spiro atoms. The molecule has 2 N–H and O–H groups in total. The van der Waals surface area contributed by atoms with Gasteiger partial charge in [0.25, 0.3) is 0 Å². The van der Waals surface area contributed by atoms with Gasteiger partial charge in [-0.3, -0.25) is 14.5 Å². The molecule has 0 radical (unpaired) electrons. The predicted molar refractivity (Wildman–Crippen MR) is 68.4 cm³/mol. The van der Waals surface area contributed by atoms with Crippen molar-refractivity contribution in [2.45, 2.75) is 6.92 Å². The summed E-state index contributed by atoms with van der Waals surface area (Å²) in [6.45, 7) is 1.58. The van der Waals surface area contributed by atoms with Gasteiger partial charge in [0, 0.05) is 5.38 Å². The fourth-order valence-corrected chi connectivity index (χ4v) is 1.97. The van der Waals surface area contributed by atoms with Crippen LogP contribution in [-0.2, 0) is 9.59 Å². The molecule has 1 heterocycles. The number of thiazole rings is 1. The van der Waals surface area contributed by atoms with Crippen LogP contribution in [-0.4, -0.2) is 46.5 Å². The zero-order valence-corrected chi connectivity index (χ0v) is 10.7. The maximum Gasteiger partial charge on any atom is 0.317 e. The van der Waals surface area contributed by atoms with Crippen LogP contribution < -0.4 is 5.32 Å². The third-order valence-electron chi connectivity index (χ3n) is 1.91. The van der Waals surface area contributed by atoms with Crippen LogP contribution in [0.3, 0.4) is 0 Å². The minimum Gasteiger partial charge on any atom is -0.480 e. The van der Waals surface area contributed by atoms with Gasteiger partial charge < -0.3 is 10.4 Å². The Balaban J connectivity index is 2.50. The highest BCUT2D eigenvalue weighted by Gasteiger charge is 2.13. The first-order chi connectivity index (χ1) is 8.51. The lowest BCUT2D eigenvalue weighted by atomic mass is 10.4. The zero-order chi connectivity index (χ0) is 13.5. The number of carboxylic acids is 1. The second-order valence-corrected chi connectivity index (χ2v) is 4.44. The lowest BCUT2D eigenvalue weighted by Gasteiger charge is -2.15. The molecule has 0 saturated heterocycles. The SMILES string of the molecule is C#CCN(CC(=O)O)CC(=O)Nc1nc(C)cs1. The summed E-state index contributed by atoms with van der Waals surface area (Å²) in [5.74, 6) is 0.959. The van der Waals surface area contributed by atoms with E-state index in [9.17, 15) is 9.59 Å². The molecular formula is C11H13N3O3S. The van der Waals surface area contributed by atoms with Crippen LogP contribution >= 0.6 is 11.3 Å². The maximum absolute atomic E-state index is 11.6. The van der Waals surface area contributed by atoms with Gasteiger partial charge in [0.05, 0.1) is 25.3 Å². The van der Waals surface area contributed by atoms with Crippen molar-refractivity contribution in [3.8, 4) is 12.3 Å². The minimum absolute atomic E-state index is 0.0743. The summed E-state index contributed by atoms with van der Waals surface area (Å²) >= 11 is 1.31. The number of hydrogen-bond acceptors (Lipinski definition) is 5. The molecule has 1 amide bonds. The third-order valence-corrected chi connectivity index (χ3v) is 2.78. The maximum atomic E-state index is 11.6. The first-order valence-electron chi connectivity index (χ1n) is 5.11. The number of nitrogens with zero attached hydrogens (tertiary/aromatic N) is 2. The van der Waals surface area contributed by atoms with Gasteiger partial charge in [-0.05, 0) is 6.92 Å². The minimum atomic E-state index is -1.02. The summed E-state index contributed by atoms with van der Waals surface area (Å²) in [6.07, 6.45) is 5.11. The normalized spacial score (nSPS) is 10.1. The van der Waals surface area contributed by atoms with Crippen LogP contribution in [0, 0.1) is 19.3 Å². The fraction of sp³-hybridized carbons (Fsp3) is 0.364. The lowest BCUT2D eigenvalue weighted by molar-refractivity contribution is -0.138. The smallest absolute Gasteiger partial charge is 0.317 e. The summed E-state index contributed by atoms with van der Waals surface area (Å²) in [6, 6.07) is 0. The van der Waals surface area contributed by atoms with Gasteiger partial charge in [-0.15, -0.1) is 17.8 Å². The molecule has 0 fully saturated rings. The van der Waals surface area contributed by atoms with Crippen molar-refractivity contribution in [2.75, 3.05) is 25.0 Å². The van der Waals surface area contributed by atoms with Crippen LogP contribution in [0.5, 0.6) is 0 Å². The van der Waals surface area contributed by atoms with Crippen LogP contribution in [0.15, 0.2) is 5.38 Å². The summed E-state index contributed by atoms with van der Waals surface area (Å²) < 4.78 is 0. The number of nitrogens with one attached hydrogen (secondary N) is 1. The molecular weight excluding hydrogens is 254 g/mol. The molecule has 0 atom stereocenters. The molecule has 0 bridgehead atoms. The molecule has 0 aromatic carbocycles. The van der Waals surface area contributed by atoms with Gasteiger partial charge in [-0.1, -0.05) is 5.92 Å². The predicted octanol–water partition coefficient (Wildman–Crippen LogP) is 0.410. The van der Waals surface area contributed by atoms with Crippen LogP contribution in [0.2, 0.25) is 0 Å². The summed E-state index contributed by atoms with van der Waals surface area (Å²) in [5.41, 5.74) is 0.821. The summed E-state index contributed by atoms with van der Waals surface area (Å²) in [4.78, 5) is 27.7. The van der Waals surface area contributed by atoms with E-state index in [4.69, 9.17) is 11.5 Å². The van der Waals surface area contributed by atoms with E-state index in [0.717, 1.165) is 5.69 Å². The van der Waals surface area contributed by atoms with Gasteiger partial charge in [0.15, 0.2) is 5.13 Å².